The zero-order valence-electron chi connectivity index (χ0n) is 13.5. The largest absolute Gasteiger partial charge is 0.352 e. The molecule has 0 bridgehead atoms. The predicted octanol–water partition coefficient (Wildman–Crippen LogP) is 1.11. The minimum absolute atomic E-state index is 0.0642. The van der Waals surface area contributed by atoms with Crippen molar-refractivity contribution in [2.24, 2.45) is 17.8 Å². The minimum atomic E-state index is -0.555. The summed E-state index contributed by atoms with van der Waals surface area (Å²) in [6, 6.07) is 1.41. The van der Waals surface area contributed by atoms with Gasteiger partial charge < -0.3 is 5.32 Å². The summed E-state index contributed by atoms with van der Waals surface area (Å²) in [5.41, 5.74) is -1.01. The number of nitrogens with one attached hydrogen (secondary N) is 2. The first-order valence-corrected chi connectivity index (χ1v) is 7.96. The van der Waals surface area contributed by atoms with Gasteiger partial charge in [0.15, 0.2) is 0 Å². The molecule has 0 aliphatic heterocycles. The van der Waals surface area contributed by atoms with Crippen LogP contribution in [-0.2, 0) is 11.3 Å². The van der Waals surface area contributed by atoms with Gasteiger partial charge in [0.2, 0.25) is 5.91 Å². The maximum absolute atomic E-state index is 12.2. The van der Waals surface area contributed by atoms with Crippen LogP contribution in [0.2, 0.25) is 0 Å². The maximum atomic E-state index is 12.2. The Labute approximate surface area is 129 Å². The van der Waals surface area contributed by atoms with Crippen LogP contribution in [0, 0.1) is 17.8 Å². The molecule has 0 saturated heterocycles. The average Bonchev–Trinajstić information content (AvgIpc) is 2.41. The Hall–Kier alpha value is -1.85. The molecule has 1 amide bonds. The van der Waals surface area contributed by atoms with Gasteiger partial charge in [0, 0.05) is 18.3 Å². The number of hydrogen-bond acceptors (Lipinski definition) is 3. The van der Waals surface area contributed by atoms with E-state index in [9.17, 15) is 14.4 Å². The van der Waals surface area contributed by atoms with E-state index in [1.165, 1.54) is 23.3 Å². The number of aromatic amines is 1. The highest BCUT2D eigenvalue weighted by molar-refractivity contribution is 5.76. The zero-order valence-corrected chi connectivity index (χ0v) is 13.5. The average molecular weight is 307 g/mol. The number of carbonyl (C=O) groups excluding carboxylic acids is 1. The fraction of sp³-hybridized carbons (Fsp3) is 0.688. The van der Waals surface area contributed by atoms with Gasteiger partial charge >= 0.3 is 5.69 Å². The first-order valence-electron chi connectivity index (χ1n) is 7.96. The molecule has 1 aliphatic rings. The molecule has 1 aromatic rings. The fourth-order valence-electron chi connectivity index (χ4n) is 3.34. The van der Waals surface area contributed by atoms with Gasteiger partial charge in [-0.2, -0.15) is 0 Å². The Morgan fingerprint density at radius 2 is 2.14 bits per heavy atom. The van der Waals surface area contributed by atoms with E-state index in [4.69, 9.17) is 0 Å². The Morgan fingerprint density at radius 1 is 1.41 bits per heavy atom. The molecule has 6 nitrogen and oxygen atoms in total. The lowest BCUT2D eigenvalue weighted by Gasteiger charge is -2.37. The molecule has 1 aliphatic carbocycles. The number of nitrogens with zero attached hydrogens (tertiary/aromatic N) is 1. The number of aromatic nitrogens is 2. The second-order valence-corrected chi connectivity index (χ2v) is 6.74. The summed E-state index contributed by atoms with van der Waals surface area (Å²) in [5, 5.41) is 3.08. The van der Waals surface area contributed by atoms with Crippen LogP contribution in [0.4, 0.5) is 0 Å². The molecule has 0 radical (unpaired) electrons. The summed E-state index contributed by atoms with van der Waals surface area (Å²) in [6.45, 7) is 6.52. The Bertz CT molecular complexity index is 632. The predicted molar refractivity (Wildman–Crippen MR) is 84.6 cm³/mol. The van der Waals surface area contributed by atoms with Crippen LogP contribution in [-0.4, -0.2) is 21.5 Å². The van der Waals surface area contributed by atoms with E-state index in [2.05, 4.69) is 31.1 Å². The molecule has 6 heteroatoms. The summed E-state index contributed by atoms with van der Waals surface area (Å²) < 4.78 is 1.22. The van der Waals surface area contributed by atoms with Crippen molar-refractivity contribution in [3.05, 3.63) is 33.1 Å². The highest BCUT2D eigenvalue weighted by atomic mass is 16.2. The van der Waals surface area contributed by atoms with Gasteiger partial charge in [0.25, 0.3) is 5.56 Å². The van der Waals surface area contributed by atoms with E-state index in [1.54, 1.807) is 0 Å². The first kappa shape index (κ1) is 16.5. The van der Waals surface area contributed by atoms with Gasteiger partial charge in [-0.25, -0.2) is 4.79 Å². The molecule has 2 rings (SSSR count). The van der Waals surface area contributed by atoms with Gasteiger partial charge in [-0.05, 0) is 30.6 Å². The van der Waals surface area contributed by atoms with Crippen molar-refractivity contribution in [1.82, 2.24) is 14.9 Å². The Morgan fingerprint density at radius 3 is 2.77 bits per heavy atom. The summed E-state index contributed by atoms with van der Waals surface area (Å²) >= 11 is 0. The molecule has 1 aromatic heterocycles. The number of amides is 1. The zero-order chi connectivity index (χ0) is 16.3. The lowest BCUT2D eigenvalue weighted by molar-refractivity contribution is -0.123. The minimum Gasteiger partial charge on any atom is -0.352 e. The van der Waals surface area contributed by atoms with Gasteiger partial charge in [-0.15, -0.1) is 0 Å². The van der Waals surface area contributed by atoms with Gasteiger partial charge in [0.05, 0.1) is 0 Å². The molecular weight excluding hydrogens is 282 g/mol. The van der Waals surface area contributed by atoms with Crippen LogP contribution < -0.4 is 16.6 Å². The Kier molecular flexibility index (Phi) is 5.21. The van der Waals surface area contributed by atoms with Crippen LogP contribution in [0.15, 0.2) is 21.9 Å². The van der Waals surface area contributed by atoms with Gasteiger partial charge in [-0.1, -0.05) is 27.2 Å². The Balaban J connectivity index is 2.03. The molecule has 3 atom stereocenters. The topological polar surface area (TPSA) is 84.0 Å². The quantitative estimate of drug-likeness (QED) is 0.874. The van der Waals surface area contributed by atoms with E-state index < -0.39 is 11.2 Å². The van der Waals surface area contributed by atoms with E-state index in [0.717, 1.165) is 12.8 Å². The summed E-state index contributed by atoms with van der Waals surface area (Å²) in [6.07, 6.45) is 4.66. The maximum Gasteiger partial charge on any atom is 0.328 e. The molecule has 1 fully saturated rings. The number of H-pyrrole nitrogens is 1. The van der Waals surface area contributed by atoms with Crippen molar-refractivity contribution in [3.63, 3.8) is 0 Å². The van der Waals surface area contributed by atoms with Crippen LogP contribution in [0.3, 0.4) is 0 Å². The molecule has 0 aromatic carbocycles. The van der Waals surface area contributed by atoms with E-state index in [0.29, 0.717) is 17.8 Å². The number of rotatable bonds is 4. The summed E-state index contributed by atoms with van der Waals surface area (Å²) in [7, 11) is 0. The fourth-order valence-corrected chi connectivity index (χ4v) is 3.34. The normalized spacial score (nSPS) is 25.2. The second kappa shape index (κ2) is 6.94. The molecule has 0 spiro atoms. The highest BCUT2D eigenvalue weighted by Gasteiger charge is 2.31. The van der Waals surface area contributed by atoms with Crippen molar-refractivity contribution >= 4 is 5.91 Å². The smallest absolute Gasteiger partial charge is 0.328 e. The lowest BCUT2D eigenvalue weighted by Crippen LogP contribution is -2.47. The monoisotopic (exact) mass is 307 g/mol. The van der Waals surface area contributed by atoms with Gasteiger partial charge in [-0.3, -0.25) is 19.1 Å². The van der Waals surface area contributed by atoms with E-state index in [1.807, 2.05) is 0 Å². The van der Waals surface area contributed by atoms with Crippen LogP contribution in [0.5, 0.6) is 0 Å². The SMILES string of the molecule is CC1CCC(C(C)C)C(NC(=O)Cn2ccc(=O)[nH]c2=O)C1. The van der Waals surface area contributed by atoms with E-state index in [-0.39, 0.29) is 18.5 Å². The van der Waals surface area contributed by atoms with Crippen LogP contribution in [0.1, 0.15) is 40.0 Å². The lowest BCUT2D eigenvalue weighted by atomic mass is 9.74. The first-order chi connectivity index (χ1) is 10.4. The second-order valence-electron chi connectivity index (χ2n) is 6.74. The van der Waals surface area contributed by atoms with Crippen molar-refractivity contribution in [3.8, 4) is 0 Å². The molecule has 22 heavy (non-hydrogen) atoms. The van der Waals surface area contributed by atoms with Crippen molar-refractivity contribution < 1.29 is 4.79 Å². The molecule has 1 heterocycles. The molecule has 122 valence electrons. The number of carbonyl (C=O) groups is 1. The summed E-state index contributed by atoms with van der Waals surface area (Å²) in [5.74, 6) is 1.43. The third kappa shape index (κ3) is 4.08. The van der Waals surface area contributed by atoms with Gasteiger partial charge in [0.1, 0.15) is 6.54 Å². The standard InChI is InChI=1S/C16H25N3O3/c1-10(2)12-5-4-11(3)8-13(12)17-15(21)9-19-7-6-14(20)18-16(19)22/h6-7,10-13H,4-5,8-9H2,1-3H3,(H,17,21)(H,18,20,22). The van der Waals surface area contributed by atoms with Crippen molar-refractivity contribution in [2.75, 3.05) is 0 Å². The van der Waals surface area contributed by atoms with Crippen molar-refractivity contribution in [1.29, 1.82) is 0 Å². The molecule has 2 N–H and O–H groups in total. The third-order valence-corrected chi connectivity index (χ3v) is 4.58. The summed E-state index contributed by atoms with van der Waals surface area (Å²) in [4.78, 5) is 37.0. The highest BCUT2D eigenvalue weighted by Crippen LogP contribution is 2.33. The molecular formula is C16H25N3O3. The number of hydrogen-bond donors (Lipinski definition) is 2. The van der Waals surface area contributed by atoms with E-state index >= 15 is 0 Å². The molecule has 3 unspecified atom stereocenters. The third-order valence-electron chi connectivity index (χ3n) is 4.58. The van der Waals surface area contributed by atoms with Crippen LogP contribution >= 0.6 is 0 Å². The van der Waals surface area contributed by atoms with Crippen molar-refractivity contribution in [2.45, 2.75) is 52.6 Å². The molecule has 1 saturated carbocycles. The van der Waals surface area contributed by atoms with Crippen LogP contribution in [0.25, 0.3) is 0 Å².